The van der Waals surface area contributed by atoms with E-state index in [4.69, 9.17) is 0 Å². The molecule has 0 aliphatic rings. The standard InChI is InChI=1S/C11H9FN2/c12-10-3-1-9(2-4-10)7-11-8-13-5-6-14-11/h1-6,8H,7H2. The average molecular weight is 188 g/mol. The van der Waals surface area contributed by atoms with E-state index in [1.54, 1.807) is 30.7 Å². The molecule has 2 nitrogen and oxygen atoms in total. The lowest BCUT2D eigenvalue weighted by molar-refractivity contribution is 0.627. The lowest BCUT2D eigenvalue weighted by Gasteiger charge is -1.99. The highest BCUT2D eigenvalue weighted by atomic mass is 19.1. The molecule has 1 aromatic heterocycles. The second-order valence-electron chi connectivity index (χ2n) is 3.00. The van der Waals surface area contributed by atoms with Crippen molar-refractivity contribution in [3.8, 4) is 0 Å². The fourth-order valence-corrected chi connectivity index (χ4v) is 1.23. The Morgan fingerprint density at radius 2 is 1.86 bits per heavy atom. The lowest BCUT2D eigenvalue weighted by atomic mass is 10.1. The minimum Gasteiger partial charge on any atom is -0.261 e. The van der Waals surface area contributed by atoms with E-state index in [0.717, 1.165) is 11.3 Å². The molecule has 0 saturated heterocycles. The predicted molar refractivity (Wildman–Crippen MR) is 51.2 cm³/mol. The highest BCUT2D eigenvalue weighted by molar-refractivity contribution is 5.20. The van der Waals surface area contributed by atoms with Gasteiger partial charge in [-0.3, -0.25) is 9.97 Å². The van der Waals surface area contributed by atoms with Crippen LogP contribution in [0.1, 0.15) is 11.3 Å². The van der Waals surface area contributed by atoms with E-state index in [2.05, 4.69) is 9.97 Å². The Bertz CT molecular complexity index is 397. The summed E-state index contributed by atoms with van der Waals surface area (Å²) >= 11 is 0. The summed E-state index contributed by atoms with van der Waals surface area (Å²) in [4.78, 5) is 8.10. The van der Waals surface area contributed by atoms with Crippen molar-refractivity contribution >= 4 is 0 Å². The molecule has 0 saturated carbocycles. The van der Waals surface area contributed by atoms with E-state index in [0.29, 0.717) is 6.42 Å². The summed E-state index contributed by atoms with van der Waals surface area (Å²) in [5.41, 5.74) is 1.92. The van der Waals surface area contributed by atoms with E-state index in [1.807, 2.05) is 0 Å². The van der Waals surface area contributed by atoms with Gasteiger partial charge in [0.25, 0.3) is 0 Å². The SMILES string of the molecule is Fc1ccc(Cc2cnccn2)cc1. The third-order valence-electron chi connectivity index (χ3n) is 1.92. The second kappa shape index (κ2) is 3.96. The van der Waals surface area contributed by atoms with Gasteiger partial charge < -0.3 is 0 Å². The third kappa shape index (κ3) is 2.13. The molecule has 0 fully saturated rings. The molecule has 0 N–H and O–H groups in total. The van der Waals surface area contributed by atoms with E-state index in [1.165, 1.54) is 12.1 Å². The average Bonchev–Trinajstić information content (AvgIpc) is 2.23. The number of aromatic nitrogens is 2. The zero-order chi connectivity index (χ0) is 9.80. The fourth-order valence-electron chi connectivity index (χ4n) is 1.23. The lowest BCUT2D eigenvalue weighted by Crippen LogP contribution is -1.92. The Kier molecular flexibility index (Phi) is 2.49. The first-order valence-corrected chi connectivity index (χ1v) is 4.34. The number of hydrogen-bond donors (Lipinski definition) is 0. The van der Waals surface area contributed by atoms with E-state index in [9.17, 15) is 4.39 Å². The summed E-state index contributed by atoms with van der Waals surface area (Å²) in [7, 11) is 0. The first-order chi connectivity index (χ1) is 6.84. The van der Waals surface area contributed by atoms with Crippen molar-refractivity contribution in [3.05, 3.63) is 59.9 Å². The minimum atomic E-state index is -0.215. The number of halogens is 1. The van der Waals surface area contributed by atoms with Crippen LogP contribution in [0, 0.1) is 5.82 Å². The summed E-state index contributed by atoms with van der Waals surface area (Å²) in [6, 6.07) is 6.41. The topological polar surface area (TPSA) is 25.8 Å². The molecule has 70 valence electrons. The van der Waals surface area contributed by atoms with Crippen molar-refractivity contribution in [2.75, 3.05) is 0 Å². The van der Waals surface area contributed by atoms with Crippen LogP contribution in [-0.2, 0) is 6.42 Å². The van der Waals surface area contributed by atoms with Gasteiger partial charge in [-0.1, -0.05) is 12.1 Å². The molecule has 0 bridgehead atoms. The largest absolute Gasteiger partial charge is 0.261 e. The van der Waals surface area contributed by atoms with E-state index >= 15 is 0 Å². The quantitative estimate of drug-likeness (QED) is 0.722. The Balaban J connectivity index is 2.16. The fraction of sp³-hybridized carbons (Fsp3) is 0.0909. The van der Waals surface area contributed by atoms with Gasteiger partial charge in [0.05, 0.1) is 5.69 Å². The van der Waals surface area contributed by atoms with Crippen LogP contribution in [0.2, 0.25) is 0 Å². The highest BCUT2D eigenvalue weighted by Crippen LogP contribution is 2.07. The van der Waals surface area contributed by atoms with Crippen LogP contribution in [-0.4, -0.2) is 9.97 Å². The minimum absolute atomic E-state index is 0.215. The van der Waals surface area contributed by atoms with Crippen LogP contribution in [0.25, 0.3) is 0 Å². The van der Waals surface area contributed by atoms with Crippen LogP contribution in [0.4, 0.5) is 4.39 Å². The van der Waals surface area contributed by atoms with Gasteiger partial charge in [-0.15, -0.1) is 0 Å². The summed E-state index contributed by atoms with van der Waals surface area (Å²) in [6.45, 7) is 0. The van der Waals surface area contributed by atoms with Crippen molar-refractivity contribution in [3.63, 3.8) is 0 Å². The maximum atomic E-state index is 12.6. The Labute approximate surface area is 81.5 Å². The normalized spacial score (nSPS) is 10.1. The highest BCUT2D eigenvalue weighted by Gasteiger charge is 1.97. The summed E-state index contributed by atoms with van der Waals surface area (Å²) in [6.07, 6.45) is 5.69. The molecule has 14 heavy (non-hydrogen) atoms. The maximum absolute atomic E-state index is 12.6. The number of rotatable bonds is 2. The Morgan fingerprint density at radius 3 is 2.50 bits per heavy atom. The van der Waals surface area contributed by atoms with Crippen molar-refractivity contribution in [2.45, 2.75) is 6.42 Å². The zero-order valence-electron chi connectivity index (χ0n) is 7.52. The molecule has 2 aromatic rings. The van der Waals surface area contributed by atoms with Crippen LogP contribution in [0.15, 0.2) is 42.9 Å². The van der Waals surface area contributed by atoms with E-state index < -0.39 is 0 Å². The first kappa shape index (κ1) is 8.81. The number of nitrogens with zero attached hydrogens (tertiary/aromatic N) is 2. The van der Waals surface area contributed by atoms with E-state index in [-0.39, 0.29) is 5.82 Å². The molecular weight excluding hydrogens is 179 g/mol. The van der Waals surface area contributed by atoms with Gasteiger partial charge in [0.15, 0.2) is 0 Å². The molecule has 2 rings (SSSR count). The molecule has 3 heteroatoms. The Morgan fingerprint density at radius 1 is 1.07 bits per heavy atom. The maximum Gasteiger partial charge on any atom is 0.123 e. The molecule has 0 spiro atoms. The zero-order valence-corrected chi connectivity index (χ0v) is 7.52. The number of benzene rings is 1. The molecule has 0 unspecified atom stereocenters. The van der Waals surface area contributed by atoms with Crippen LogP contribution in [0.5, 0.6) is 0 Å². The summed E-state index contributed by atoms with van der Waals surface area (Å²) in [5.74, 6) is -0.215. The number of hydrogen-bond acceptors (Lipinski definition) is 2. The smallest absolute Gasteiger partial charge is 0.123 e. The summed E-state index contributed by atoms with van der Waals surface area (Å²) in [5, 5.41) is 0. The first-order valence-electron chi connectivity index (χ1n) is 4.34. The molecule has 0 aliphatic heterocycles. The van der Waals surface area contributed by atoms with Gasteiger partial charge >= 0.3 is 0 Å². The van der Waals surface area contributed by atoms with Gasteiger partial charge in [0, 0.05) is 25.0 Å². The van der Waals surface area contributed by atoms with Crippen molar-refractivity contribution < 1.29 is 4.39 Å². The molecule has 1 heterocycles. The molecule has 0 radical (unpaired) electrons. The molecule has 0 atom stereocenters. The van der Waals surface area contributed by atoms with Gasteiger partial charge in [0.1, 0.15) is 5.82 Å². The van der Waals surface area contributed by atoms with Gasteiger partial charge in [-0.2, -0.15) is 0 Å². The van der Waals surface area contributed by atoms with Gasteiger partial charge in [-0.25, -0.2) is 4.39 Å². The van der Waals surface area contributed by atoms with Gasteiger partial charge in [0.2, 0.25) is 0 Å². The summed E-state index contributed by atoms with van der Waals surface area (Å²) < 4.78 is 12.6. The van der Waals surface area contributed by atoms with Crippen molar-refractivity contribution in [1.82, 2.24) is 9.97 Å². The molecule has 0 aliphatic carbocycles. The van der Waals surface area contributed by atoms with Crippen molar-refractivity contribution in [1.29, 1.82) is 0 Å². The van der Waals surface area contributed by atoms with Gasteiger partial charge in [-0.05, 0) is 17.7 Å². The van der Waals surface area contributed by atoms with Crippen LogP contribution < -0.4 is 0 Å². The second-order valence-corrected chi connectivity index (χ2v) is 3.00. The molecule has 1 aromatic carbocycles. The molecular formula is C11H9FN2. The molecule has 0 amide bonds. The monoisotopic (exact) mass is 188 g/mol. The van der Waals surface area contributed by atoms with Crippen LogP contribution in [0.3, 0.4) is 0 Å². The van der Waals surface area contributed by atoms with Crippen molar-refractivity contribution in [2.24, 2.45) is 0 Å². The predicted octanol–water partition coefficient (Wildman–Crippen LogP) is 2.21. The third-order valence-corrected chi connectivity index (χ3v) is 1.92. The Hall–Kier alpha value is -1.77. The van der Waals surface area contributed by atoms with Crippen LogP contribution >= 0.6 is 0 Å².